The van der Waals surface area contributed by atoms with E-state index in [-0.39, 0.29) is 16.9 Å². The molecule has 0 bridgehead atoms. The lowest BCUT2D eigenvalue weighted by atomic mass is 10.3. The summed E-state index contributed by atoms with van der Waals surface area (Å²) in [6, 6.07) is 1.02. The first-order valence-electron chi connectivity index (χ1n) is 5.81. The average Bonchev–Trinajstić information content (AvgIpc) is 2.79. The first-order valence-corrected chi connectivity index (χ1v) is 6.19. The Kier molecular flexibility index (Phi) is 3.89. The highest BCUT2D eigenvalue weighted by atomic mass is 35.5. The molecule has 2 aromatic heterocycles. The van der Waals surface area contributed by atoms with Crippen LogP contribution in [0.25, 0.3) is 0 Å². The molecule has 0 atom stereocenters. The van der Waals surface area contributed by atoms with Crippen LogP contribution in [0.5, 0.6) is 0 Å². The Hall–Kier alpha value is -1.76. The maximum Gasteiger partial charge on any atom is 0.417 e. The average molecular weight is 305 g/mol. The maximum absolute atomic E-state index is 12.5. The molecule has 0 aliphatic rings. The minimum absolute atomic E-state index is 0.0999. The zero-order valence-electron chi connectivity index (χ0n) is 10.7. The minimum Gasteiger partial charge on any atom is -0.336 e. The Labute approximate surface area is 118 Å². The Balaban J connectivity index is 2.21. The highest BCUT2D eigenvalue weighted by molar-refractivity contribution is 6.33. The number of rotatable bonds is 3. The molecule has 0 saturated heterocycles. The fourth-order valence-electron chi connectivity index (χ4n) is 1.51. The molecule has 20 heavy (non-hydrogen) atoms. The number of nitrogens with zero attached hydrogens (tertiary/aromatic N) is 3. The number of nitrogens with one attached hydrogen (secondary N) is 1. The van der Waals surface area contributed by atoms with Gasteiger partial charge < -0.3 is 5.32 Å². The van der Waals surface area contributed by atoms with Crippen LogP contribution in [0.4, 0.5) is 24.7 Å². The van der Waals surface area contributed by atoms with Crippen molar-refractivity contribution < 1.29 is 13.2 Å². The summed E-state index contributed by atoms with van der Waals surface area (Å²) in [5.74, 6) is 0.156. The molecule has 8 heteroatoms. The van der Waals surface area contributed by atoms with Crippen molar-refractivity contribution >= 4 is 23.1 Å². The zero-order valence-corrected chi connectivity index (χ0v) is 11.5. The van der Waals surface area contributed by atoms with Crippen molar-refractivity contribution in [3.05, 3.63) is 35.2 Å². The highest BCUT2D eigenvalue weighted by Crippen LogP contribution is 2.33. The van der Waals surface area contributed by atoms with Gasteiger partial charge in [0.15, 0.2) is 0 Å². The van der Waals surface area contributed by atoms with Gasteiger partial charge in [-0.05, 0) is 19.9 Å². The third-order valence-corrected chi connectivity index (χ3v) is 2.85. The molecule has 0 unspecified atom stereocenters. The van der Waals surface area contributed by atoms with E-state index < -0.39 is 11.7 Å². The lowest BCUT2D eigenvalue weighted by Gasteiger charge is -2.09. The molecular formula is C12H12ClF3N4. The molecule has 4 nitrogen and oxygen atoms in total. The van der Waals surface area contributed by atoms with Crippen LogP contribution in [0, 0.1) is 0 Å². The summed E-state index contributed by atoms with van der Waals surface area (Å²) in [5, 5.41) is 6.83. The van der Waals surface area contributed by atoms with Crippen molar-refractivity contribution in [3.63, 3.8) is 0 Å². The third kappa shape index (κ3) is 3.22. The van der Waals surface area contributed by atoms with Gasteiger partial charge in [0.05, 0.1) is 22.5 Å². The van der Waals surface area contributed by atoms with Gasteiger partial charge in [0.25, 0.3) is 0 Å². The Morgan fingerprint density at radius 3 is 2.50 bits per heavy atom. The molecule has 0 aliphatic heterocycles. The van der Waals surface area contributed by atoms with Crippen LogP contribution in [0.3, 0.4) is 0 Å². The standard InChI is InChI=1S/C12H12ClF3N4/c1-7(2)20-6-9(5-18-20)19-11-10(13)3-8(4-17-11)12(14,15)16/h3-7H,1-2H3,(H,17,19). The van der Waals surface area contributed by atoms with Crippen LogP contribution in [0.1, 0.15) is 25.5 Å². The third-order valence-electron chi connectivity index (χ3n) is 2.56. The van der Waals surface area contributed by atoms with Gasteiger partial charge in [0.1, 0.15) is 5.82 Å². The lowest BCUT2D eigenvalue weighted by Crippen LogP contribution is -2.06. The molecule has 0 radical (unpaired) electrons. The molecular weight excluding hydrogens is 293 g/mol. The monoisotopic (exact) mass is 304 g/mol. The number of hydrogen-bond donors (Lipinski definition) is 1. The van der Waals surface area contributed by atoms with Crippen LogP contribution in [0.15, 0.2) is 24.7 Å². The number of halogens is 4. The van der Waals surface area contributed by atoms with Gasteiger partial charge in [-0.25, -0.2) is 4.98 Å². The number of pyridine rings is 1. The van der Waals surface area contributed by atoms with Crippen molar-refractivity contribution in [1.29, 1.82) is 0 Å². The molecule has 0 fully saturated rings. The maximum atomic E-state index is 12.5. The van der Waals surface area contributed by atoms with E-state index in [1.54, 1.807) is 17.1 Å². The van der Waals surface area contributed by atoms with E-state index in [4.69, 9.17) is 11.6 Å². The number of anilines is 2. The van der Waals surface area contributed by atoms with E-state index >= 15 is 0 Å². The van der Waals surface area contributed by atoms with Crippen molar-refractivity contribution in [3.8, 4) is 0 Å². The quantitative estimate of drug-likeness (QED) is 0.920. The minimum atomic E-state index is -4.46. The van der Waals surface area contributed by atoms with Crippen LogP contribution in [-0.4, -0.2) is 14.8 Å². The smallest absolute Gasteiger partial charge is 0.336 e. The van der Waals surface area contributed by atoms with E-state index in [1.807, 2.05) is 13.8 Å². The summed E-state index contributed by atoms with van der Waals surface area (Å²) >= 11 is 5.80. The van der Waals surface area contributed by atoms with Gasteiger partial charge >= 0.3 is 6.18 Å². The summed E-state index contributed by atoms with van der Waals surface area (Å²) in [6.45, 7) is 3.92. The van der Waals surface area contributed by atoms with Gasteiger partial charge in [-0.15, -0.1) is 0 Å². The van der Waals surface area contributed by atoms with E-state index in [1.165, 1.54) is 0 Å². The van der Waals surface area contributed by atoms with Crippen LogP contribution >= 0.6 is 11.6 Å². The van der Waals surface area contributed by atoms with E-state index in [2.05, 4.69) is 15.4 Å². The Morgan fingerprint density at radius 2 is 2.00 bits per heavy atom. The second-order valence-electron chi connectivity index (χ2n) is 4.48. The van der Waals surface area contributed by atoms with Crippen molar-refractivity contribution in [1.82, 2.24) is 14.8 Å². The molecule has 108 valence electrons. The van der Waals surface area contributed by atoms with Crippen molar-refractivity contribution in [2.75, 3.05) is 5.32 Å². The topological polar surface area (TPSA) is 42.7 Å². The van der Waals surface area contributed by atoms with E-state index in [0.29, 0.717) is 5.69 Å². The number of aromatic nitrogens is 3. The van der Waals surface area contributed by atoms with Gasteiger partial charge in [-0.3, -0.25) is 4.68 Å². The predicted molar refractivity (Wildman–Crippen MR) is 70.1 cm³/mol. The zero-order chi connectivity index (χ0) is 14.9. The van der Waals surface area contributed by atoms with Gasteiger partial charge in [-0.1, -0.05) is 11.6 Å². The van der Waals surface area contributed by atoms with Gasteiger partial charge in [0, 0.05) is 18.4 Å². The molecule has 0 aliphatic carbocycles. The second-order valence-corrected chi connectivity index (χ2v) is 4.89. The predicted octanol–water partition coefficient (Wildman–Crippen LogP) is 4.27. The van der Waals surface area contributed by atoms with Crippen LogP contribution < -0.4 is 5.32 Å². The van der Waals surface area contributed by atoms with E-state index in [0.717, 1.165) is 12.3 Å². The summed E-state index contributed by atoms with van der Waals surface area (Å²) in [7, 11) is 0. The SMILES string of the molecule is CC(C)n1cc(Nc2ncc(C(F)(F)F)cc2Cl)cn1. The molecule has 2 rings (SSSR count). The summed E-state index contributed by atoms with van der Waals surface area (Å²) in [6.07, 6.45) is -0.450. The van der Waals surface area contributed by atoms with Gasteiger partial charge in [-0.2, -0.15) is 18.3 Å². The normalized spacial score (nSPS) is 11.9. The van der Waals surface area contributed by atoms with Crippen LogP contribution in [-0.2, 0) is 6.18 Å². The first kappa shape index (κ1) is 14.6. The molecule has 2 aromatic rings. The number of alkyl halides is 3. The van der Waals surface area contributed by atoms with Crippen molar-refractivity contribution in [2.24, 2.45) is 0 Å². The Bertz CT molecular complexity index is 607. The molecule has 0 amide bonds. The van der Waals surface area contributed by atoms with Crippen LogP contribution in [0.2, 0.25) is 5.02 Å². The summed E-state index contributed by atoms with van der Waals surface area (Å²) in [4.78, 5) is 3.69. The molecule has 0 saturated carbocycles. The van der Waals surface area contributed by atoms with Gasteiger partial charge in [0.2, 0.25) is 0 Å². The van der Waals surface area contributed by atoms with E-state index in [9.17, 15) is 13.2 Å². The largest absolute Gasteiger partial charge is 0.417 e. The lowest BCUT2D eigenvalue weighted by molar-refractivity contribution is -0.137. The van der Waals surface area contributed by atoms with Crippen molar-refractivity contribution in [2.45, 2.75) is 26.1 Å². The Morgan fingerprint density at radius 1 is 1.30 bits per heavy atom. The fraction of sp³-hybridized carbons (Fsp3) is 0.333. The molecule has 0 spiro atoms. The molecule has 1 N–H and O–H groups in total. The highest BCUT2D eigenvalue weighted by Gasteiger charge is 2.31. The first-order chi connectivity index (χ1) is 9.27. The second kappa shape index (κ2) is 5.32. The summed E-state index contributed by atoms with van der Waals surface area (Å²) in [5.41, 5.74) is -0.279. The number of hydrogen-bond acceptors (Lipinski definition) is 3. The molecule has 0 aromatic carbocycles. The fourth-order valence-corrected chi connectivity index (χ4v) is 1.72. The molecule has 2 heterocycles. The summed E-state index contributed by atoms with van der Waals surface area (Å²) < 4.78 is 39.2.